The molecule has 1 aromatic carbocycles. The molecule has 0 spiro atoms. The van der Waals surface area contributed by atoms with Gasteiger partial charge in [0.2, 0.25) is 5.91 Å². The number of nitrogens with one attached hydrogen (secondary N) is 1. The number of carbonyl (C=O) groups is 1. The zero-order valence-electron chi connectivity index (χ0n) is 7.25. The summed E-state index contributed by atoms with van der Waals surface area (Å²) in [4.78, 5) is 11.2. The largest absolute Gasteiger partial charge is 0.336 e. The number of anilines is 1. The molecule has 1 aliphatic rings. The van der Waals surface area contributed by atoms with Crippen LogP contribution in [0.4, 0.5) is 10.1 Å². The second kappa shape index (κ2) is 2.35. The van der Waals surface area contributed by atoms with Crippen LogP contribution in [0, 0.1) is 5.82 Å². The fourth-order valence-corrected chi connectivity index (χ4v) is 1.86. The minimum absolute atomic E-state index is 0.180. The van der Waals surface area contributed by atoms with Crippen molar-refractivity contribution in [3.63, 3.8) is 0 Å². The van der Waals surface area contributed by atoms with Gasteiger partial charge in [-0.05, 0) is 18.2 Å². The van der Waals surface area contributed by atoms with Gasteiger partial charge in [0.15, 0.2) is 0 Å². The summed E-state index contributed by atoms with van der Waals surface area (Å²) < 4.78 is 15.1. The smallest absolute Gasteiger partial charge is 0.244 e. The summed E-state index contributed by atoms with van der Waals surface area (Å²) in [5, 5.41) is 3.49. The van der Waals surface area contributed by atoms with Gasteiger partial charge in [0, 0.05) is 11.6 Å². The quantitative estimate of drug-likeness (QED) is 0.674. The predicted molar refractivity (Wildman–Crippen MR) is 50.5 cm³/mol. The fourth-order valence-electron chi connectivity index (χ4n) is 1.86. The zero-order chi connectivity index (χ0) is 9.71. The van der Waals surface area contributed by atoms with Crippen LogP contribution in [0.15, 0.2) is 24.4 Å². The molecule has 0 bridgehead atoms. The third-order valence-electron chi connectivity index (χ3n) is 2.46. The minimum atomic E-state index is -0.384. The van der Waals surface area contributed by atoms with Crippen molar-refractivity contribution in [3.05, 3.63) is 30.2 Å². The standard InChI is InChI=1S/C10H7FN2O/c11-7-2-1-6-3-4-13-5-8(14)12-9(7)10(6)13/h1-4H,5H2,(H,12,14). The summed E-state index contributed by atoms with van der Waals surface area (Å²) in [6, 6.07) is 4.95. The highest BCUT2D eigenvalue weighted by molar-refractivity contribution is 6.04. The van der Waals surface area contributed by atoms with Gasteiger partial charge in [-0.3, -0.25) is 4.79 Å². The van der Waals surface area contributed by atoms with E-state index in [2.05, 4.69) is 5.32 Å². The minimum Gasteiger partial charge on any atom is -0.336 e. The maximum atomic E-state index is 13.4. The summed E-state index contributed by atoms with van der Waals surface area (Å²) in [7, 11) is 0. The van der Waals surface area contributed by atoms with Gasteiger partial charge in [0.1, 0.15) is 18.0 Å². The van der Waals surface area contributed by atoms with E-state index in [0.29, 0.717) is 5.69 Å². The third-order valence-corrected chi connectivity index (χ3v) is 2.46. The number of carbonyl (C=O) groups excluding carboxylic acids is 1. The maximum Gasteiger partial charge on any atom is 0.244 e. The molecule has 1 aliphatic heterocycles. The van der Waals surface area contributed by atoms with Crippen LogP contribution in [-0.2, 0) is 11.3 Å². The van der Waals surface area contributed by atoms with Crippen molar-refractivity contribution in [1.82, 2.24) is 4.57 Å². The van der Waals surface area contributed by atoms with Gasteiger partial charge in [-0.1, -0.05) is 0 Å². The zero-order valence-corrected chi connectivity index (χ0v) is 7.25. The van der Waals surface area contributed by atoms with Crippen molar-refractivity contribution in [2.24, 2.45) is 0 Å². The van der Waals surface area contributed by atoms with Gasteiger partial charge in [-0.2, -0.15) is 0 Å². The van der Waals surface area contributed by atoms with Gasteiger partial charge in [0.05, 0.1) is 5.52 Å². The molecule has 3 nitrogen and oxygen atoms in total. The van der Waals surface area contributed by atoms with E-state index in [4.69, 9.17) is 0 Å². The van der Waals surface area contributed by atoms with Gasteiger partial charge >= 0.3 is 0 Å². The second-order valence-electron chi connectivity index (χ2n) is 3.35. The van der Waals surface area contributed by atoms with Crippen LogP contribution in [-0.4, -0.2) is 10.5 Å². The molecule has 0 radical (unpaired) electrons. The van der Waals surface area contributed by atoms with Crippen molar-refractivity contribution < 1.29 is 9.18 Å². The Balaban J connectivity index is 2.46. The number of amides is 1. The molecule has 0 saturated carbocycles. The molecule has 0 unspecified atom stereocenters. The Morgan fingerprint density at radius 3 is 3.07 bits per heavy atom. The number of rotatable bonds is 0. The first kappa shape index (κ1) is 7.55. The molecule has 0 saturated heterocycles. The summed E-state index contributed by atoms with van der Waals surface area (Å²) in [5.74, 6) is -0.564. The average Bonchev–Trinajstić information content (AvgIpc) is 2.55. The first-order chi connectivity index (χ1) is 6.75. The molecule has 1 N–H and O–H groups in total. The first-order valence-electron chi connectivity index (χ1n) is 4.33. The van der Waals surface area contributed by atoms with E-state index in [0.717, 1.165) is 10.9 Å². The van der Waals surface area contributed by atoms with Crippen LogP contribution >= 0.6 is 0 Å². The summed E-state index contributed by atoms with van der Waals surface area (Å²) in [6.07, 6.45) is 1.80. The average molecular weight is 190 g/mol. The molecular formula is C10H7FN2O. The summed E-state index contributed by atoms with van der Waals surface area (Å²) in [6.45, 7) is 0.264. The van der Waals surface area contributed by atoms with Crippen LogP contribution in [0.5, 0.6) is 0 Å². The molecule has 1 amide bonds. The number of nitrogens with zero attached hydrogens (tertiary/aromatic N) is 1. The molecule has 2 heterocycles. The van der Waals surface area contributed by atoms with E-state index in [1.165, 1.54) is 6.07 Å². The third kappa shape index (κ3) is 0.824. The molecule has 0 aliphatic carbocycles. The number of benzene rings is 1. The Hall–Kier alpha value is -1.84. The number of halogens is 1. The topological polar surface area (TPSA) is 34.0 Å². The molecule has 2 aromatic rings. The molecular weight excluding hydrogens is 183 g/mol. The van der Waals surface area contributed by atoms with Gasteiger partial charge in [0.25, 0.3) is 0 Å². The lowest BCUT2D eigenvalue weighted by Gasteiger charge is -2.16. The number of aromatic nitrogens is 1. The first-order valence-corrected chi connectivity index (χ1v) is 4.33. The summed E-state index contributed by atoms with van der Waals surface area (Å²) in [5.41, 5.74) is 1.06. The van der Waals surface area contributed by atoms with E-state index in [1.54, 1.807) is 16.8 Å². The van der Waals surface area contributed by atoms with Crippen molar-refractivity contribution >= 4 is 22.5 Å². The lowest BCUT2D eigenvalue weighted by molar-refractivity contribution is -0.116. The highest BCUT2D eigenvalue weighted by atomic mass is 19.1. The van der Waals surface area contributed by atoms with Crippen LogP contribution in [0.3, 0.4) is 0 Å². The predicted octanol–water partition coefficient (Wildman–Crippen LogP) is 1.73. The van der Waals surface area contributed by atoms with Crippen molar-refractivity contribution in [1.29, 1.82) is 0 Å². The van der Waals surface area contributed by atoms with Crippen molar-refractivity contribution in [3.8, 4) is 0 Å². The Labute approximate surface area is 79.1 Å². The van der Waals surface area contributed by atoms with Gasteiger partial charge in [-0.25, -0.2) is 4.39 Å². The second-order valence-corrected chi connectivity index (χ2v) is 3.35. The van der Waals surface area contributed by atoms with Crippen molar-refractivity contribution in [2.75, 3.05) is 5.32 Å². The van der Waals surface area contributed by atoms with Crippen molar-refractivity contribution in [2.45, 2.75) is 6.54 Å². The lowest BCUT2D eigenvalue weighted by atomic mass is 10.2. The molecule has 4 heteroatoms. The molecule has 3 rings (SSSR count). The lowest BCUT2D eigenvalue weighted by Crippen LogP contribution is -2.23. The molecule has 1 aromatic heterocycles. The fraction of sp³-hybridized carbons (Fsp3) is 0.100. The Bertz CT molecular complexity index is 544. The van der Waals surface area contributed by atoms with Gasteiger partial charge in [-0.15, -0.1) is 0 Å². The summed E-state index contributed by atoms with van der Waals surface area (Å²) >= 11 is 0. The van der Waals surface area contributed by atoms with E-state index in [-0.39, 0.29) is 18.3 Å². The Morgan fingerprint density at radius 2 is 2.21 bits per heavy atom. The normalized spacial score (nSPS) is 14.5. The van der Waals surface area contributed by atoms with E-state index in [1.807, 2.05) is 6.07 Å². The number of hydrogen-bond donors (Lipinski definition) is 1. The van der Waals surface area contributed by atoms with E-state index < -0.39 is 0 Å². The monoisotopic (exact) mass is 190 g/mol. The highest BCUT2D eigenvalue weighted by Crippen LogP contribution is 2.30. The Morgan fingerprint density at radius 1 is 1.36 bits per heavy atom. The van der Waals surface area contributed by atoms with Crippen LogP contribution in [0.1, 0.15) is 0 Å². The maximum absolute atomic E-state index is 13.4. The van der Waals surface area contributed by atoms with Crippen LogP contribution < -0.4 is 5.32 Å². The van der Waals surface area contributed by atoms with Gasteiger partial charge < -0.3 is 9.88 Å². The van der Waals surface area contributed by atoms with E-state index >= 15 is 0 Å². The highest BCUT2D eigenvalue weighted by Gasteiger charge is 2.19. The van der Waals surface area contributed by atoms with Crippen LogP contribution in [0.25, 0.3) is 10.9 Å². The Kier molecular flexibility index (Phi) is 1.27. The molecule has 70 valence electrons. The number of hydrogen-bond acceptors (Lipinski definition) is 1. The molecule has 0 atom stereocenters. The SMILES string of the molecule is O=C1Cn2ccc3ccc(F)c(c32)N1. The molecule has 0 fully saturated rings. The van der Waals surface area contributed by atoms with E-state index in [9.17, 15) is 9.18 Å². The molecule has 14 heavy (non-hydrogen) atoms. The van der Waals surface area contributed by atoms with Crippen LogP contribution in [0.2, 0.25) is 0 Å².